The maximum absolute atomic E-state index is 12.3. The number of amides is 3. The number of likely N-dealkylation sites (tertiary alicyclic amines) is 1. The predicted octanol–water partition coefficient (Wildman–Crippen LogP) is 1.45. The summed E-state index contributed by atoms with van der Waals surface area (Å²) in [6, 6.07) is 6.96. The quantitative estimate of drug-likeness (QED) is 0.451. The van der Waals surface area contributed by atoms with Crippen molar-refractivity contribution in [2.45, 2.75) is 19.4 Å². The van der Waals surface area contributed by atoms with Crippen molar-refractivity contribution in [2.75, 3.05) is 13.2 Å². The smallest absolute Gasteiger partial charge is 0.326 e. The lowest BCUT2D eigenvalue weighted by molar-refractivity contribution is -0.154. The second kappa shape index (κ2) is 8.35. The lowest BCUT2D eigenvalue weighted by Crippen LogP contribution is -2.38. The maximum atomic E-state index is 12.3. The van der Waals surface area contributed by atoms with Crippen molar-refractivity contribution < 1.29 is 23.9 Å². The number of rotatable bonds is 6. The van der Waals surface area contributed by atoms with E-state index in [-0.39, 0.29) is 18.4 Å². The number of carbonyl (C=O) groups excluding carboxylic acids is 4. The Bertz CT molecular complexity index is 764. The van der Waals surface area contributed by atoms with Crippen LogP contribution in [0.2, 0.25) is 5.02 Å². The summed E-state index contributed by atoms with van der Waals surface area (Å²) in [6.07, 6.45) is 4.76. The molecule has 8 heteroatoms. The number of carbonyl (C=O) groups is 4. The van der Waals surface area contributed by atoms with E-state index in [0.29, 0.717) is 17.9 Å². The molecule has 3 amide bonds. The van der Waals surface area contributed by atoms with Crippen molar-refractivity contribution in [3.63, 3.8) is 0 Å². The molecule has 2 atom stereocenters. The van der Waals surface area contributed by atoms with Gasteiger partial charge in [0, 0.05) is 11.6 Å². The summed E-state index contributed by atoms with van der Waals surface area (Å²) >= 11 is 5.79. The van der Waals surface area contributed by atoms with Crippen molar-refractivity contribution in [3.8, 4) is 0 Å². The summed E-state index contributed by atoms with van der Waals surface area (Å²) in [7, 11) is 0. The van der Waals surface area contributed by atoms with E-state index in [2.05, 4.69) is 5.32 Å². The number of benzene rings is 1. The molecule has 1 fully saturated rings. The van der Waals surface area contributed by atoms with Crippen LogP contribution in [0.1, 0.15) is 18.4 Å². The van der Waals surface area contributed by atoms with Gasteiger partial charge in [0.15, 0.2) is 6.61 Å². The van der Waals surface area contributed by atoms with E-state index in [1.54, 1.807) is 24.3 Å². The minimum Gasteiger partial charge on any atom is -0.454 e. The van der Waals surface area contributed by atoms with Crippen LogP contribution in [0.4, 0.5) is 0 Å². The fourth-order valence-electron chi connectivity index (χ4n) is 3.20. The van der Waals surface area contributed by atoms with Crippen LogP contribution in [0.5, 0.6) is 0 Å². The Morgan fingerprint density at radius 3 is 2.26 bits per heavy atom. The van der Waals surface area contributed by atoms with E-state index in [0.717, 1.165) is 10.5 Å². The number of nitrogens with zero attached hydrogens (tertiary/aromatic N) is 1. The maximum Gasteiger partial charge on any atom is 0.326 e. The van der Waals surface area contributed by atoms with E-state index in [9.17, 15) is 19.2 Å². The first-order valence-corrected chi connectivity index (χ1v) is 9.00. The van der Waals surface area contributed by atoms with Crippen LogP contribution >= 0.6 is 11.6 Å². The highest BCUT2D eigenvalue weighted by atomic mass is 35.5. The number of nitrogens with one attached hydrogen (secondary N) is 1. The number of imide groups is 1. The zero-order chi connectivity index (χ0) is 19.4. The molecular formula is C19H19ClN2O5. The topological polar surface area (TPSA) is 92.8 Å². The Hall–Kier alpha value is -2.67. The highest BCUT2D eigenvalue weighted by Crippen LogP contribution is 2.34. The molecule has 1 saturated heterocycles. The Kier molecular flexibility index (Phi) is 5.91. The fourth-order valence-corrected chi connectivity index (χ4v) is 3.33. The molecule has 142 valence electrons. The largest absolute Gasteiger partial charge is 0.454 e. The standard InChI is InChI=1S/C19H19ClN2O5/c20-13-7-5-12(6-8-13)9-21-16(23)11-27-17(24)10-22-18(25)14-3-1-2-4-15(14)19(22)26/h1-2,5-8,14-15H,3-4,9-11H2,(H,21,23)/t14-,15-/m0/s1. The molecule has 27 heavy (non-hydrogen) atoms. The summed E-state index contributed by atoms with van der Waals surface area (Å²) in [6.45, 7) is -0.667. The van der Waals surface area contributed by atoms with Gasteiger partial charge in [-0.3, -0.25) is 24.1 Å². The van der Waals surface area contributed by atoms with Gasteiger partial charge in [0.05, 0.1) is 11.8 Å². The molecule has 3 rings (SSSR count). The van der Waals surface area contributed by atoms with Gasteiger partial charge in [0.2, 0.25) is 11.8 Å². The molecule has 0 radical (unpaired) electrons. The Labute approximate surface area is 161 Å². The fraction of sp³-hybridized carbons (Fsp3) is 0.368. The van der Waals surface area contributed by atoms with Crippen molar-refractivity contribution in [1.82, 2.24) is 10.2 Å². The highest BCUT2D eigenvalue weighted by molar-refractivity contribution is 6.30. The monoisotopic (exact) mass is 390 g/mol. The average Bonchev–Trinajstić information content (AvgIpc) is 2.91. The van der Waals surface area contributed by atoms with Crippen LogP contribution in [0.15, 0.2) is 36.4 Å². The zero-order valence-corrected chi connectivity index (χ0v) is 15.3. The molecular weight excluding hydrogens is 372 g/mol. The first-order chi connectivity index (χ1) is 13.0. The number of halogens is 1. The number of hydrogen-bond acceptors (Lipinski definition) is 5. The van der Waals surface area contributed by atoms with Crippen LogP contribution in [0, 0.1) is 11.8 Å². The third-order valence-electron chi connectivity index (χ3n) is 4.65. The van der Waals surface area contributed by atoms with Crippen molar-refractivity contribution in [3.05, 3.63) is 47.0 Å². The lowest BCUT2D eigenvalue weighted by Gasteiger charge is -2.14. The molecule has 1 aliphatic carbocycles. The minimum atomic E-state index is -0.787. The number of allylic oxidation sites excluding steroid dienone is 2. The Morgan fingerprint density at radius 1 is 1.07 bits per heavy atom. The second-order valence-corrected chi connectivity index (χ2v) is 6.92. The van der Waals surface area contributed by atoms with Crippen LogP contribution < -0.4 is 5.32 Å². The summed E-state index contributed by atoms with van der Waals surface area (Å²) in [5.41, 5.74) is 0.851. The second-order valence-electron chi connectivity index (χ2n) is 6.48. The number of hydrogen-bond donors (Lipinski definition) is 1. The molecule has 0 saturated carbocycles. The molecule has 1 aromatic rings. The molecule has 7 nitrogen and oxygen atoms in total. The van der Waals surface area contributed by atoms with Gasteiger partial charge in [-0.25, -0.2) is 0 Å². The summed E-state index contributed by atoms with van der Waals surface area (Å²) in [5, 5.41) is 3.21. The first kappa shape index (κ1) is 19.1. The third kappa shape index (κ3) is 4.54. The van der Waals surface area contributed by atoms with Gasteiger partial charge < -0.3 is 10.1 Å². The number of ether oxygens (including phenoxy) is 1. The molecule has 1 N–H and O–H groups in total. The summed E-state index contributed by atoms with van der Waals surface area (Å²) < 4.78 is 4.89. The third-order valence-corrected chi connectivity index (χ3v) is 4.91. The normalized spacial score (nSPS) is 21.1. The van der Waals surface area contributed by atoms with E-state index in [4.69, 9.17) is 16.3 Å². The summed E-state index contributed by atoms with van der Waals surface area (Å²) in [4.78, 5) is 49.2. The van der Waals surface area contributed by atoms with E-state index < -0.39 is 36.9 Å². The molecule has 0 spiro atoms. The van der Waals surface area contributed by atoms with E-state index >= 15 is 0 Å². The molecule has 1 aliphatic heterocycles. The van der Waals surface area contributed by atoms with Gasteiger partial charge in [-0.15, -0.1) is 0 Å². The molecule has 2 aliphatic rings. The number of esters is 1. The van der Waals surface area contributed by atoms with Crippen LogP contribution in [-0.2, 0) is 30.5 Å². The zero-order valence-electron chi connectivity index (χ0n) is 14.5. The lowest BCUT2D eigenvalue weighted by atomic mass is 9.85. The minimum absolute atomic E-state index is 0.271. The highest BCUT2D eigenvalue weighted by Gasteiger charge is 2.47. The molecule has 0 unspecified atom stereocenters. The van der Waals surface area contributed by atoms with Gasteiger partial charge in [0.1, 0.15) is 6.54 Å². The number of fused-ring (bicyclic) bond motifs is 1. The first-order valence-electron chi connectivity index (χ1n) is 8.62. The molecule has 0 aromatic heterocycles. The van der Waals surface area contributed by atoms with Gasteiger partial charge in [-0.05, 0) is 30.5 Å². The van der Waals surface area contributed by atoms with Crippen molar-refractivity contribution >= 4 is 35.3 Å². The molecule has 1 heterocycles. The van der Waals surface area contributed by atoms with E-state index in [1.807, 2.05) is 12.2 Å². The van der Waals surface area contributed by atoms with Crippen LogP contribution in [0.25, 0.3) is 0 Å². The molecule has 0 bridgehead atoms. The average molecular weight is 391 g/mol. The van der Waals surface area contributed by atoms with Gasteiger partial charge in [-0.2, -0.15) is 0 Å². The van der Waals surface area contributed by atoms with E-state index in [1.165, 1.54) is 0 Å². The van der Waals surface area contributed by atoms with Gasteiger partial charge in [0.25, 0.3) is 5.91 Å². The van der Waals surface area contributed by atoms with Gasteiger partial charge >= 0.3 is 5.97 Å². The molecule has 1 aromatic carbocycles. The van der Waals surface area contributed by atoms with Crippen LogP contribution in [-0.4, -0.2) is 41.7 Å². The Morgan fingerprint density at radius 2 is 1.67 bits per heavy atom. The van der Waals surface area contributed by atoms with Crippen molar-refractivity contribution in [1.29, 1.82) is 0 Å². The summed E-state index contributed by atoms with van der Waals surface area (Å²) in [5.74, 6) is -2.74. The predicted molar refractivity (Wildman–Crippen MR) is 96.3 cm³/mol. The van der Waals surface area contributed by atoms with Crippen molar-refractivity contribution in [2.24, 2.45) is 11.8 Å². The Balaban J connectivity index is 1.43. The SMILES string of the molecule is O=C(COC(=O)CN1C(=O)[C@H]2CC=CC[C@@H]2C1=O)NCc1ccc(Cl)cc1. The van der Waals surface area contributed by atoms with Crippen LogP contribution in [0.3, 0.4) is 0 Å². The van der Waals surface area contributed by atoms with Gasteiger partial charge in [-0.1, -0.05) is 35.9 Å².